The SMILES string of the molecule is CCCCOc1ccc(OC)cc1NC(=O)c1ccc(OC2CCCC2)c(OC)c1. The Morgan fingerprint density at radius 1 is 1.00 bits per heavy atom. The molecule has 1 N–H and O–H groups in total. The van der Waals surface area contributed by atoms with Gasteiger partial charge in [0, 0.05) is 11.6 Å². The highest BCUT2D eigenvalue weighted by Crippen LogP contribution is 2.34. The Bertz CT molecular complexity index is 845. The summed E-state index contributed by atoms with van der Waals surface area (Å²) in [6, 6.07) is 10.6. The number of anilines is 1. The van der Waals surface area contributed by atoms with Crippen molar-refractivity contribution in [1.82, 2.24) is 0 Å². The number of unbranched alkanes of at least 4 members (excludes halogenated alkanes) is 1. The van der Waals surface area contributed by atoms with Crippen LogP contribution in [0, 0.1) is 0 Å². The third-order valence-electron chi connectivity index (χ3n) is 5.21. The highest BCUT2D eigenvalue weighted by molar-refractivity contribution is 6.05. The lowest BCUT2D eigenvalue weighted by Gasteiger charge is -2.17. The molecule has 2 aromatic carbocycles. The van der Waals surface area contributed by atoms with Gasteiger partial charge in [0.05, 0.1) is 32.6 Å². The lowest BCUT2D eigenvalue weighted by atomic mass is 10.1. The summed E-state index contributed by atoms with van der Waals surface area (Å²) in [7, 11) is 3.17. The third-order valence-corrected chi connectivity index (χ3v) is 5.21. The van der Waals surface area contributed by atoms with Gasteiger partial charge in [-0.15, -0.1) is 0 Å². The Morgan fingerprint density at radius 2 is 1.77 bits per heavy atom. The Kier molecular flexibility index (Phi) is 7.82. The molecular formula is C24H31NO5. The van der Waals surface area contributed by atoms with E-state index in [0.29, 0.717) is 40.9 Å². The number of hydrogen-bond acceptors (Lipinski definition) is 5. The first-order valence-corrected chi connectivity index (χ1v) is 10.6. The topological polar surface area (TPSA) is 66.0 Å². The van der Waals surface area contributed by atoms with E-state index < -0.39 is 0 Å². The standard InChI is InChI=1S/C24H31NO5/c1-4-5-14-29-21-13-11-19(27-2)16-20(21)25-24(26)17-10-12-22(23(15-17)28-3)30-18-8-6-7-9-18/h10-13,15-16,18H,4-9,14H2,1-3H3,(H,25,26). The zero-order valence-electron chi connectivity index (χ0n) is 18.0. The van der Waals surface area contributed by atoms with Crippen molar-refractivity contribution >= 4 is 11.6 Å². The van der Waals surface area contributed by atoms with Gasteiger partial charge < -0.3 is 24.3 Å². The van der Waals surface area contributed by atoms with Crippen LogP contribution in [0.5, 0.6) is 23.0 Å². The van der Waals surface area contributed by atoms with E-state index in [0.717, 1.165) is 25.7 Å². The number of carbonyl (C=O) groups excluding carboxylic acids is 1. The summed E-state index contributed by atoms with van der Waals surface area (Å²) >= 11 is 0. The van der Waals surface area contributed by atoms with Crippen molar-refractivity contribution in [2.24, 2.45) is 0 Å². The summed E-state index contributed by atoms with van der Waals surface area (Å²) in [5.41, 5.74) is 1.05. The molecule has 0 unspecified atom stereocenters. The normalized spacial score (nSPS) is 13.7. The second kappa shape index (κ2) is 10.8. The van der Waals surface area contributed by atoms with Crippen LogP contribution in [-0.4, -0.2) is 32.8 Å². The molecule has 2 aromatic rings. The van der Waals surface area contributed by atoms with Crippen molar-refractivity contribution in [3.05, 3.63) is 42.0 Å². The van der Waals surface area contributed by atoms with Crippen LogP contribution in [0.15, 0.2) is 36.4 Å². The van der Waals surface area contributed by atoms with Crippen LogP contribution in [0.2, 0.25) is 0 Å². The maximum absolute atomic E-state index is 12.9. The first-order valence-electron chi connectivity index (χ1n) is 10.6. The Hall–Kier alpha value is -2.89. The molecule has 0 aromatic heterocycles. The van der Waals surface area contributed by atoms with E-state index in [-0.39, 0.29) is 12.0 Å². The fourth-order valence-electron chi connectivity index (χ4n) is 3.47. The van der Waals surface area contributed by atoms with Crippen LogP contribution >= 0.6 is 0 Å². The van der Waals surface area contributed by atoms with Gasteiger partial charge in [0.25, 0.3) is 5.91 Å². The maximum Gasteiger partial charge on any atom is 0.255 e. The molecule has 3 rings (SSSR count). The van der Waals surface area contributed by atoms with Crippen molar-refractivity contribution in [2.75, 3.05) is 26.1 Å². The minimum absolute atomic E-state index is 0.221. The molecular weight excluding hydrogens is 382 g/mol. The van der Waals surface area contributed by atoms with Gasteiger partial charge in [-0.2, -0.15) is 0 Å². The number of hydrogen-bond donors (Lipinski definition) is 1. The van der Waals surface area contributed by atoms with Crippen LogP contribution < -0.4 is 24.3 Å². The molecule has 0 radical (unpaired) electrons. The van der Waals surface area contributed by atoms with Crippen LogP contribution in [0.25, 0.3) is 0 Å². The van der Waals surface area contributed by atoms with Gasteiger partial charge in [-0.1, -0.05) is 13.3 Å². The number of rotatable bonds is 10. The largest absolute Gasteiger partial charge is 0.497 e. The molecule has 1 aliphatic carbocycles. The second-order valence-corrected chi connectivity index (χ2v) is 7.41. The van der Waals surface area contributed by atoms with E-state index in [1.54, 1.807) is 38.5 Å². The van der Waals surface area contributed by atoms with Crippen LogP contribution in [0.3, 0.4) is 0 Å². The molecule has 0 spiro atoms. The summed E-state index contributed by atoms with van der Waals surface area (Å²) in [6.07, 6.45) is 6.70. The van der Waals surface area contributed by atoms with Gasteiger partial charge in [0.1, 0.15) is 11.5 Å². The Morgan fingerprint density at radius 3 is 2.47 bits per heavy atom. The molecule has 0 saturated heterocycles. The van der Waals surface area contributed by atoms with Crippen molar-refractivity contribution in [3.8, 4) is 23.0 Å². The van der Waals surface area contributed by atoms with Gasteiger partial charge in [-0.3, -0.25) is 4.79 Å². The van der Waals surface area contributed by atoms with Gasteiger partial charge in [0.15, 0.2) is 11.5 Å². The van der Waals surface area contributed by atoms with Crippen molar-refractivity contribution in [1.29, 1.82) is 0 Å². The molecule has 1 amide bonds. The molecule has 6 nitrogen and oxygen atoms in total. The number of ether oxygens (including phenoxy) is 4. The zero-order chi connectivity index (χ0) is 21.3. The summed E-state index contributed by atoms with van der Waals surface area (Å²) in [5.74, 6) is 2.23. The van der Waals surface area contributed by atoms with Crippen molar-refractivity contribution in [2.45, 2.75) is 51.6 Å². The molecule has 6 heteroatoms. The molecule has 0 bridgehead atoms. The average molecular weight is 414 g/mol. The smallest absolute Gasteiger partial charge is 0.255 e. The molecule has 30 heavy (non-hydrogen) atoms. The van der Waals surface area contributed by atoms with Crippen molar-refractivity contribution in [3.63, 3.8) is 0 Å². The minimum atomic E-state index is -0.255. The third kappa shape index (κ3) is 5.59. The molecule has 0 aliphatic heterocycles. The minimum Gasteiger partial charge on any atom is -0.497 e. The molecule has 0 atom stereocenters. The number of carbonyl (C=O) groups is 1. The van der Waals surface area contributed by atoms with E-state index in [1.165, 1.54) is 12.8 Å². The van der Waals surface area contributed by atoms with Crippen molar-refractivity contribution < 1.29 is 23.7 Å². The van der Waals surface area contributed by atoms with Crippen LogP contribution in [0.1, 0.15) is 55.8 Å². The molecule has 1 saturated carbocycles. The zero-order valence-corrected chi connectivity index (χ0v) is 18.0. The highest BCUT2D eigenvalue weighted by Gasteiger charge is 2.20. The Balaban J connectivity index is 1.76. The summed E-state index contributed by atoms with van der Waals surface area (Å²) < 4.78 is 22.7. The van der Waals surface area contributed by atoms with E-state index >= 15 is 0 Å². The Labute approximate surface area is 178 Å². The summed E-state index contributed by atoms with van der Waals surface area (Å²) in [4.78, 5) is 12.9. The lowest BCUT2D eigenvalue weighted by molar-refractivity contribution is 0.102. The first-order chi connectivity index (χ1) is 14.6. The molecule has 1 fully saturated rings. The highest BCUT2D eigenvalue weighted by atomic mass is 16.5. The fraction of sp³-hybridized carbons (Fsp3) is 0.458. The van der Waals surface area contributed by atoms with Crippen LogP contribution in [0.4, 0.5) is 5.69 Å². The number of benzene rings is 2. The predicted molar refractivity (Wildman–Crippen MR) is 117 cm³/mol. The number of methoxy groups -OCH3 is 2. The predicted octanol–water partition coefficient (Wildman–Crippen LogP) is 5.46. The second-order valence-electron chi connectivity index (χ2n) is 7.41. The van der Waals surface area contributed by atoms with Gasteiger partial charge in [0.2, 0.25) is 0 Å². The molecule has 162 valence electrons. The number of amides is 1. The monoisotopic (exact) mass is 413 g/mol. The molecule has 0 heterocycles. The molecule has 1 aliphatic rings. The van der Waals surface area contributed by atoms with Gasteiger partial charge >= 0.3 is 0 Å². The van der Waals surface area contributed by atoms with Gasteiger partial charge in [-0.25, -0.2) is 0 Å². The first kappa shape index (κ1) is 21.8. The summed E-state index contributed by atoms with van der Waals surface area (Å²) in [5, 5.41) is 2.93. The van der Waals surface area contributed by atoms with E-state index in [4.69, 9.17) is 18.9 Å². The van der Waals surface area contributed by atoms with Gasteiger partial charge in [-0.05, 0) is 62.4 Å². The quantitative estimate of drug-likeness (QED) is 0.524. The van der Waals surface area contributed by atoms with E-state index in [9.17, 15) is 4.79 Å². The van der Waals surface area contributed by atoms with E-state index in [2.05, 4.69) is 12.2 Å². The lowest BCUT2D eigenvalue weighted by Crippen LogP contribution is -2.15. The average Bonchev–Trinajstić information content (AvgIpc) is 3.28. The van der Waals surface area contributed by atoms with E-state index in [1.807, 2.05) is 12.1 Å². The number of nitrogens with one attached hydrogen (secondary N) is 1. The van der Waals surface area contributed by atoms with Crippen LogP contribution in [-0.2, 0) is 0 Å². The maximum atomic E-state index is 12.9. The summed E-state index contributed by atoms with van der Waals surface area (Å²) in [6.45, 7) is 2.69. The fourth-order valence-corrected chi connectivity index (χ4v) is 3.47.